The van der Waals surface area contributed by atoms with Gasteiger partial charge < -0.3 is 16.8 Å². The predicted molar refractivity (Wildman–Crippen MR) is 93.4 cm³/mol. The van der Waals surface area contributed by atoms with Crippen molar-refractivity contribution in [3.8, 4) is 0 Å². The number of rotatable bonds is 3. The molecule has 1 unspecified atom stereocenters. The summed E-state index contributed by atoms with van der Waals surface area (Å²) in [4.78, 5) is 16.6. The van der Waals surface area contributed by atoms with Gasteiger partial charge >= 0.3 is 0 Å². The van der Waals surface area contributed by atoms with Gasteiger partial charge in [0.2, 0.25) is 0 Å². The fraction of sp³-hybridized carbons (Fsp3) is 0.267. The third-order valence-corrected chi connectivity index (χ3v) is 4.71. The summed E-state index contributed by atoms with van der Waals surface area (Å²) >= 11 is 1.45. The van der Waals surface area contributed by atoms with Gasteiger partial charge in [0, 0.05) is 23.2 Å². The molecule has 2 heterocycles. The molecule has 6 N–H and O–H groups in total. The number of amidine groups is 1. The van der Waals surface area contributed by atoms with E-state index < -0.39 is 11.4 Å². The molecular weight excluding hydrogens is 331 g/mol. The lowest BCUT2D eigenvalue weighted by Gasteiger charge is -2.30. The van der Waals surface area contributed by atoms with Crippen LogP contribution in [0, 0.1) is 5.82 Å². The molecule has 24 heavy (non-hydrogen) atoms. The van der Waals surface area contributed by atoms with E-state index in [-0.39, 0.29) is 17.2 Å². The van der Waals surface area contributed by atoms with Crippen molar-refractivity contribution in [2.75, 3.05) is 16.8 Å². The van der Waals surface area contributed by atoms with E-state index in [1.807, 2.05) is 6.92 Å². The van der Waals surface area contributed by atoms with E-state index in [2.05, 4.69) is 20.5 Å². The molecule has 0 fully saturated rings. The van der Waals surface area contributed by atoms with Crippen LogP contribution < -0.4 is 16.8 Å². The summed E-state index contributed by atoms with van der Waals surface area (Å²) in [6.07, 6.45) is 2.06. The van der Waals surface area contributed by atoms with Gasteiger partial charge in [-0.25, -0.2) is 4.39 Å². The number of aromatic nitrogens is 2. The smallest absolute Gasteiger partial charge is 0.261 e. The molecule has 1 atom stereocenters. The number of H-pyrrole nitrogens is 1. The number of thioether (sulfide) groups is 1. The van der Waals surface area contributed by atoms with Crippen LogP contribution in [-0.4, -0.2) is 27.0 Å². The third-order valence-electron chi connectivity index (χ3n) is 3.91. The van der Waals surface area contributed by atoms with E-state index in [4.69, 9.17) is 11.5 Å². The van der Waals surface area contributed by atoms with E-state index in [1.54, 1.807) is 6.07 Å². The van der Waals surface area contributed by atoms with Crippen molar-refractivity contribution >= 4 is 34.3 Å². The fourth-order valence-electron chi connectivity index (χ4n) is 2.58. The Morgan fingerprint density at radius 1 is 1.46 bits per heavy atom. The van der Waals surface area contributed by atoms with E-state index in [9.17, 15) is 9.18 Å². The minimum atomic E-state index is -0.755. The normalized spacial score (nSPS) is 20.5. The van der Waals surface area contributed by atoms with Gasteiger partial charge in [0.25, 0.3) is 5.91 Å². The number of nitrogens with zero attached hydrogens (tertiary/aromatic N) is 2. The number of halogens is 1. The van der Waals surface area contributed by atoms with Crippen molar-refractivity contribution in [1.29, 1.82) is 0 Å². The molecule has 1 aromatic heterocycles. The molecule has 7 nitrogen and oxygen atoms in total. The second-order valence-corrected chi connectivity index (χ2v) is 6.77. The zero-order valence-electron chi connectivity index (χ0n) is 13.0. The fourth-order valence-corrected chi connectivity index (χ4v) is 3.55. The maximum atomic E-state index is 14.3. The van der Waals surface area contributed by atoms with Crippen molar-refractivity contribution in [3.63, 3.8) is 0 Å². The van der Waals surface area contributed by atoms with Crippen LogP contribution in [0.1, 0.15) is 29.3 Å². The van der Waals surface area contributed by atoms with Crippen LogP contribution in [0.3, 0.4) is 0 Å². The van der Waals surface area contributed by atoms with Crippen LogP contribution in [0.5, 0.6) is 0 Å². The number of nitrogen functional groups attached to an aromatic ring is 1. The molecule has 2 aromatic rings. The number of aromatic amines is 1. The molecule has 0 saturated heterocycles. The summed E-state index contributed by atoms with van der Waals surface area (Å²) in [6.45, 7) is 1.83. The van der Waals surface area contributed by atoms with Crippen molar-refractivity contribution in [3.05, 3.63) is 41.3 Å². The second kappa shape index (κ2) is 6.16. The van der Waals surface area contributed by atoms with E-state index in [0.29, 0.717) is 22.8 Å². The van der Waals surface area contributed by atoms with Crippen LogP contribution in [-0.2, 0) is 5.54 Å². The number of anilines is 2. The maximum absolute atomic E-state index is 14.3. The number of nitrogens with one attached hydrogen (secondary N) is 2. The summed E-state index contributed by atoms with van der Waals surface area (Å²) in [7, 11) is 0. The zero-order valence-corrected chi connectivity index (χ0v) is 13.8. The Morgan fingerprint density at radius 3 is 2.92 bits per heavy atom. The monoisotopic (exact) mass is 348 g/mol. The Bertz CT molecular complexity index is 820. The second-order valence-electron chi connectivity index (χ2n) is 5.66. The standard InChI is InChI=1S/C15H17FN6OS/c1-15(4-5-24-14(18)21-15)10-6-8(2-3-11(10)16)20-13(23)9-7-19-22-12(9)17/h2-3,6-7H,4-5H2,1H3,(H2,18,21)(H,20,23)(H3,17,19,22). The highest BCUT2D eigenvalue weighted by Gasteiger charge is 2.32. The van der Waals surface area contributed by atoms with Gasteiger partial charge in [-0.2, -0.15) is 5.10 Å². The number of carbonyl (C=O) groups is 1. The molecule has 3 rings (SSSR count). The highest BCUT2D eigenvalue weighted by atomic mass is 32.2. The average Bonchev–Trinajstić information content (AvgIpc) is 2.95. The first kappa shape index (κ1) is 16.3. The van der Waals surface area contributed by atoms with Crippen molar-refractivity contribution in [2.24, 2.45) is 10.7 Å². The van der Waals surface area contributed by atoms with Crippen LogP contribution in [0.25, 0.3) is 0 Å². The van der Waals surface area contributed by atoms with Gasteiger partial charge in [0.15, 0.2) is 11.0 Å². The van der Waals surface area contributed by atoms with E-state index >= 15 is 0 Å². The van der Waals surface area contributed by atoms with Crippen molar-refractivity contribution < 1.29 is 9.18 Å². The minimum Gasteiger partial charge on any atom is -0.382 e. The number of hydrogen-bond acceptors (Lipinski definition) is 6. The lowest BCUT2D eigenvalue weighted by Crippen LogP contribution is -2.29. The first-order valence-electron chi connectivity index (χ1n) is 7.28. The lowest BCUT2D eigenvalue weighted by atomic mass is 9.89. The van der Waals surface area contributed by atoms with Gasteiger partial charge in [0.1, 0.15) is 11.4 Å². The molecular formula is C15H17FN6OS. The summed E-state index contributed by atoms with van der Waals surface area (Å²) < 4.78 is 14.3. The molecule has 1 aliphatic heterocycles. The van der Waals surface area contributed by atoms with Crippen LogP contribution in [0.15, 0.2) is 29.4 Å². The summed E-state index contributed by atoms with van der Waals surface area (Å²) in [5.74, 6) is 0.0457. The van der Waals surface area contributed by atoms with E-state index in [0.717, 1.165) is 5.75 Å². The first-order valence-corrected chi connectivity index (χ1v) is 8.26. The number of benzene rings is 1. The quantitative estimate of drug-likeness (QED) is 0.676. The molecule has 9 heteroatoms. The molecule has 1 aliphatic rings. The average molecular weight is 348 g/mol. The zero-order chi connectivity index (χ0) is 17.3. The first-order chi connectivity index (χ1) is 11.4. The Labute approximate surface area is 142 Å². The number of nitrogens with two attached hydrogens (primary N) is 2. The van der Waals surface area contributed by atoms with Gasteiger partial charge in [-0.1, -0.05) is 11.8 Å². The Morgan fingerprint density at radius 2 is 2.25 bits per heavy atom. The third kappa shape index (κ3) is 3.07. The molecule has 0 spiro atoms. The van der Waals surface area contributed by atoms with Gasteiger partial charge in [0.05, 0.1) is 5.54 Å². The van der Waals surface area contributed by atoms with Crippen molar-refractivity contribution in [1.82, 2.24) is 10.2 Å². The Kier molecular flexibility index (Phi) is 4.18. The minimum absolute atomic E-state index is 0.100. The summed E-state index contributed by atoms with van der Waals surface area (Å²) in [6, 6.07) is 4.37. The molecule has 0 bridgehead atoms. The highest BCUT2D eigenvalue weighted by molar-refractivity contribution is 8.13. The largest absolute Gasteiger partial charge is 0.382 e. The number of hydrogen-bond donors (Lipinski definition) is 4. The van der Waals surface area contributed by atoms with Gasteiger partial charge in [-0.05, 0) is 31.5 Å². The number of carbonyl (C=O) groups excluding carboxylic acids is 1. The molecule has 0 radical (unpaired) electrons. The molecule has 1 amide bonds. The lowest BCUT2D eigenvalue weighted by molar-refractivity contribution is 0.102. The van der Waals surface area contributed by atoms with E-state index in [1.165, 1.54) is 30.1 Å². The van der Waals surface area contributed by atoms with Crippen LogP contribution >= 0.6 is 11.8 Å². The number of amides is 1. The van der Waals surface area contributed by atoms with Gasteiger partial charge in [-0.3, -0.25) is 14.9 Å². The summed E-state index contributed by atoms with van der Waals surface area (Å²) in [5.41, 5.74) is 11.7. The van der Waals surface area contributed by atoms with Gasteiger partial charge in [-0.15, -0.1) is 0 Å². The van der Waals surface area contributed by atoms with Crippen molar-refractivity contribution in [2.45, 2.75) is 18.9 Å². The SMILES string of the molecule is CC1(c2cc(NC(=O)c3c[nH]nc3N)ccc2F)CCSC(N)=N1. The molecule has 1 aromatic carbocycles. The van der Waals surface area contributed by atoms with Crippen LogP contribution in [0.4, 0.5) is 15.9 Å². The van der Waals surface area contributed by atoms with Crippen LogP contribution in [0.2, 0.25) is 0 Å². The predicted octanol–water partition coefficient (Wildman–Crippen LogP) is 2.05. The Balaban J connectivity index is 1.91. The molecule has 126 valence electrons. The highest BCUT2D eigenvalue weighted by Crippen LogP contribution is 2.37. The molecule has 0 saturated carbocycles. The Hall–Kier alpha value is -2.55. The number of aliphatic imine (C=N–C) groups is 1. The summed E-state index contributed by atoms with van der Waals surface area (Å²) in [5, 5.41) is 9.34. The molecule has 0 aliphatic carbocycles. The topological polar surface area (TPSA) is 122 Å². The maximum Gasteiger partial charge on any atom is 0.261 e.